The van der Waals surface area contributed by atoms with E-state index in [9.17, 15) is 4.39 Å². The third kappa shape index (κ3) is 1.77. The maximum Gasteiger partial charge on any atom is 0.136 e. The lowest BCUT2D eigenvalue weighted by Crippen LogP contribution is -1.91. The summed E-state index contributed by atoms with van der Waals surface area (Å²) >= 11 is 3.05. The Morgan fingerprint density at radius 2 is 2.50 bits per heavy atom. The second kappa shape index (κ2) is 3.66. The first kappa shape index (κ1) is 7.66. The quantitative estimate of drug-likeness (QED) is 0.674. The van der Waals surface area contributed by atoms with Gasteiger partial charge in [-0.05, 0) is 6.07 Å². The van der Waals surface area contributed by atoms with E-state index in [1.165, 1.54) is 6.20 Å². The summed E-state index contributed by atoms with van der Waals surface area (Å²) < 4.78 is 12.8. The predicted molar refractivity (Wildman–Crippen MR) is 41.9 cm³/mol. The van der Waals surface area contributed by atoms with Gasteiger partial charge in [-0.1, -0.05) is 22.0 Å². The fourth-order valence-electron chi connectivity index (χ4n) is 0.650. The highest BCUT2D eigenvalue weighted by Crippen LogP contribution is 2.17. The van der Waals surface area contributed by atoms with E-state index >= 15 is 0 Å². The van der Waals surface area contributed by atoms with Crippen LogP contribution in [-0.4, -0.2) is 10.3 Å². The lowest BCUT2D eigenvalue weighted by atomic mass is 10.2. The van der Waals surface area contributed by atoms with E-state index in [1.54, 1.807) is 18.3 Å². The maximum atomic E-state index is 12.8. The molecule has 0 aromatic carbocycles. The van der Waals surface area contributed by atoms with Gasteiger partial charge in [-0.3, -0.25) is 4.98 Å². The molecule has 3 heteroatoms. The molecule has 1 aromatic heterocycles. The lowest BCUT2D eigenvalue weighted by molar-refractivity contribution is 0.382. The molecule has 1 heterocycles. The molecule has 0 N–H and O–H groups in total. The zero-order valence-electron chi connectivity index (χ0n) is 5.30. The van der Waals surface area contributed by atoms with Crippen LogP contribution in [0.1, 0.15) is 11.7 Å². The highest BCUT2D eigenvalue weighted by Gasteiger charge is 2.05. The van der Waals surface area contributed by atoms with E-state index < -0.39 is 6.17 Å². The van der Waals surface area contributed by atoms with Crippen LogP contribution in [0.4, 0.5) is 4.39 Å². The zero-order valence-corrected chi connectivity index (χ0v) is 6.88. The molecule has 1 nitrogen and oxygen atoms in total. The molecule has 0 unspecified atom stereocenters. The van der Waals surface area contributed by atoms with E-state index in [-0.39, 0.29) is 0 Å². The third-order valence-electron chi connectivity index (χ3n) is 1.18. The van der Waals surface area contributed by atoms with Gasteiger partial charge in [0.25, 0.3) is 0 Å². The topological polar surface area (TPSA) is 12.9 Å². The monoisotopic (exact) mass is 203 g/mol. The number of aromatic nitrogens is 1. The van der Waals surface area contributed by atoms with E-state index in [2.05, 4.69) is 20.9 Å². The first-order chi connectivity index (χ1) is 4.84. The summed E-state index contributed by atoms with van der Waals surface area (Å²) in [4.78, 5) is 3.79. The van der Waals surface area contributed by atoms with Crippen molar-refractivity contribution in [2.45, 2.75) is 6.17 Å². The average molecular weight is 204 g/mol. The van der Waals surface area contributed by atoms with E-state index in [0.29, 0.717) is 10.9 Å². The predicted octanol–water partition coefficient (Wildman–Crippen LogP) is 2.49. The molecule has 1 rings (SSSR count). The Bertz CT molecular complexity index is 190. The van der Waals surface area contributed by atoms with E-state index in [1.807, 2.05) is 0 Å². The van der Waals surface area contributed by atoms with Crippen LogP contribution in [0.2, 0.25) is 0 Å². The molecule has 0 spiro atoms. The molecule has 0 saturated heterocycles. The molecule has 1 atom stereocenters. The molecule has 10 heavy (non-hydrogen) atoms. The molecule has 0 aliphatic heterocycles. The smallest absolute Gasteiger partial charge is 0.136 e. The Morgan fingerprint density at radius 1 is 1.70 bits per heavy atom. The van der Waals surface area contributed by atoms with Crippen molar-refractivity contribution in [2.24, 2.45) is 0 Å². The Kier molecular flexibility index (Phi) is 2.81. The molecule has 0 amide bonds. The molecule has 1 aromatic rings. The molecular weight excluding hydrogens is 197 g/mol. The summed E-state index contributed by atoms with van der Waals surface area (Å²) in [5, 5.41) is 0.332. The van der Waals surface area contributed by atoms with Gasteiger partial charge in [0.1, 0.15) is 6.17 Å². The largest absolute Gasteiger partial charge is 0.264 e. The van der Waals surface area contributed by atoms with Crippen LogP contribution in [0.15, 0.2) is 24.5 Å². The molecule has 0 radical (unpaired) electrons. The molecule has 0 bridgehead atoms. The van der Waals surface area contributed by atoms with Crippen molar-refractivity contribution in [1.82, 2.24) is 4.98 Å². The Hall–Kier alpha value is -0.440. The van der Waals surface area contributed by atoms with Crippen molar-refractivity contribution in [2.75, 3.05) is 5.33 Å². The van der Waals surface area contributed by atoms with Crippen LogP contribution in [0, 0.1) is 0 Å². The maximum absolute atomic E-state index is 12.8. The van der Waals surface area contributed by atoms with Crippen LogP contribution >= 0.6 is 15.9 Å². The summed E-state index contributed by atoms with van der Waals surface area (Å²) in [6.07, 6.45) is 2.23. The second-order valence-electron chi connectivity index (χ2n) is 1.91. The Labute approximate surface area is 67.4 Å². The van der Waals surface area contributed by atoms with Crippen molar-refractivity contribution in [1.29, 1.82) is 0 Å². The second-order valence-corrected chi connectivity index (χ2v) is 2.56. The number of alkyl halides is 2. The van der Waals surface area contributed by atoms with Crippen molar-refractivity contribution >= 4 is 15.9 Å². The number of hydrogen-bond acceptors (Lipinski definition) is 1. The van der Waals surface area contributed by atoms with Gasteiger partial charge < -0.3 is 0 Å². The van der Waals surface area contributed by atoms with Gasteiger partial charge in [0.15, 0.2) is 0 Å². The van der Waals surface area contributed by atoms with Crippen LogP contribution in [-0.2, 0) is 0 Å². The molecular formula is C7H7BrFN. The van der Waals surface area contributed by atoms with Gasteiger partial charge >= 0.3 is 0 Å². The fraction of sp³-hybridized carbons (Fsp3) is 0.286. The standard InChI is InChI=1S/C7H7BrFN/c8-4-7(9)6-2-1-3-10-5-6/h1-3,5,7H,4H2/t7-/m1/s1. The minimum Gasteiger partial charge on any atom is -0.264 e. The third-order valence-corrected chi connectivity index (χ3v) is 1.75. The van der Waals surface area contributed by atoms with Gasteiger partial charge in [-0.25, -0.2) is 4.39 Å². The number of rotatable bonds is 2. The summed E-state index contributed by atoms with van der Waals surface area (Å²) in [7, 11) is 0. The van der Waals surface area contributed by atoms with Gasteiger partial charge in [-0.15, -0.1) is 0 Å². The van der Waals surface area contributed by atoms with Crippen molar-refractivity contribution in [3.8, 4) is 0 Å². The lowest BCUT2D eigenvalue weighted by Gasteiger charge is -2.01. The van der Waals surface area contributed by atoms with Crippen LogP contribution in [0.3, 0.4) is 0 Å². The summed E-state index contributed by atoms with van der Waals surface area (Å²) in [6.45, 7) is 0. The molecule has 0 aliphatic carbocycles. The van der Waals surface area contributed by atoms with E-state index in [4.69, 9.17) is 0 Å². The fourth-order valence-corrected chi connectivity index (χ4v) is 1.02. The van der Waals surface area contributed by atoms with Gasteiger partial charge in [-0.2, -0.15) is 0 Å². The van der Waals surface area contributed by atoms with Gasteiger partial charge in [0, 0.05) is 23.3 Å². The highest BCUT2D eigenvalue weighted by molar-refractivity contribution is 9.09. The summed E-state index contributed by atoms with van der Waals surface area (Å²) in [5.74, 6) is 0. The SMILES string of the molecule is F[C@H](CBr)c1cccnc1. The minimum atomic E-state index is -0.936. The summed E-state index contributed by atoms with van der Waals surface area (Å²) in [6, 6.07) is 3.45. The highest BCUT2D eigenvalue weighted by atomic mass is 79.9. The molecule has 0 aliphatic rings. The summed E-state index contributed by atoms with van der Waals surface area (Å²) in [5.41, 5.74) is 0.624. The first-order valence-electron chi connectivity index (χ1n) is 2.94. The van der Waals surface area contributed by atoms with Gasteiger partial charge in [0.2, 0.25) is 0 Å². The van der Waals surface area contributed by atoms with Crippen molar-refractivity contribution < 1.29 is 4.39 Å². The van der Waals surface area contributed by atoms with E-state index in [0.717, 1.165) is 0 Å². The Morgan fingerprint density at radius 3 is 3.00 bits per heavy atom. The molecule has 0 fully saturated rings. The minimum absolute atomic E-state index is 0.332. The number of hydrogen-bond donors (Lipinski definition) is 0. The van der Waals surface area contributed by atoms with Gasteiger partial charge in [0.05, 0.1) is 0 Å². The number of nitrogens with zero attached hydrogens (tertiary/aromatic N) is 1. The van der Waals surface area contributed by atoms with Crippen LogP contribution in [0.25, 0.3) is 0 Å². The molecule has 54 valence electrons. The normalized spacial score (nSPS) is 13.0. The molecule has 0 saturated carbocycles. The number of pyridine rings is 1. The van der Waals surface area contributed by atoms with Crippen LogP contribution in [0.5, 0.6) is 0 Å². The van der Waals surface area contributed by atoms with Crippen molar-refractivity contribution in [3.63, 3.8) is 0 Å². The zero-order chi connectivity index (χ0) is 7.40. The Balaban J connectivity index is 2.75. The number of halogens is 2. The van der Waals surface area contributed by atoms with Crippen molar-refractivity contribution in [3.05, 3.63) is 30.1 Å². The first-order valence-corrected chi connectivity index (χ1v) is 4.06. The average Bonchev–Trinajstić information content (AvgIpc) is 2.05. The van der Waals surface area contributed by atoms with Crippen LogP contribution < -0.4 is 0 Å².